The van der Waals surface area contributed by atoms with Gasteiger partial charge < -0.3 is 15.2 Å². The number of hydrogen-bond donors (Lipinski definition) is 1. The molecule has 0 aliphatic rings. The van der Waals surface area contributed by atoms with Crippen molar-refractivity contribution in [3.05, 3.63) is 54.1 Å². The molecule has 0 aromatic heterocycles. The van der Waals surface area contributed by atoms with E-state index < -0.39 is 0 Å². The molecule has 0 aliphatic heterocycles. The van der Waals surface area contributed by atoms with E-state index in [1.165, 1.54) is 0 Å². The molecular formula is C15H15NO3. The Morgan fingerprint density at radius 2 is 1.79 bits per heavy atom. The molecule has 0 unspecified atom stereocenters. The largest absolute Gasteiger partial charge is 0.497 e. The predicted octanol–water partition coefficient (Wildman–Crippen LogP) is 2.54. The summed E-state index contributed by atoms with van der Waals surface area (Å²) in [6, 6.07) is 14.0. The minimum Gasteiger partial charge on any atom is -0.497 e. The number of Topliss-reactive ketones (excluding diaryl/α,β-unsaturated/α-hetero) is 1. The fourth-order valence-electron chi connectivity index (χ4n) is 1.62. The van der Waals surface area contributed by atoms with E-state index in [1.54, 1.807) is 43.5 Å². The summed E-state index contributed by atoms with van der Waals surface area (Å²) >= 11 is 0. The predicted molar refractivity (Wildman–Crippen MR) is 73.7 cm³/mol. The van der Waals surface area contributed by atoms with Gasteiger partial charge in [0.25, 0.3) is 0 Å². The lowest BCUT2D eigenvalue weighted by atomic mass is 10.1. The van der Waals surface area contributed by atoms with Crippen LogP contribution < -0.4 is 15.2 Å². The van der Waals surface area contributed by atoms with Gasteiger partial charge in [0.2, 0.25) is 0 Å². The van der Waals surface area contributed by atoms with Crippen LogP contribution in [0.5, 0.6) is 11.5 Å². The van der Waals surface area contributed by atoms with Crippen molar-refractivity contribution >= 4 is 11.5 Å². The summed E-state index contributed by atoms with van der Waals surface area (Å²) in [5.74, 6) is 1.13. The number of nitrogens with two attached hydrogens (primary N) is 1. The first kappa shape index (κ1) is 13.0. The third-order valence-corrected chi connectivity index (χ3v) is 2.69. The Hall–Kier alpha value is -2.49. The first-order chi connectivity index (χ1) is 9.20. The first-order valence-corrected chi connectivity index (χ1v) is 5.85. The Labute approximate surface area is 111 Å². The van der Waals surface area contributed by atoms with Gasteiger partial charge in [-0.3, -0.25) is 4.79 Å². The molecular weight excluding hydrogens is 242 g/mol. The van der Waals surface area contributed by atoms with Gasteiger partial charge in [-0.05, 0) is 36.4 Å². The second-order valence-electron chi connectivity index (χ2n) is 3.98. The summed E-state index contributed by atoms with van der Waals surface area (Å²) in [5.41, 5.74) is 6.83. The fourth-order valence-corrected chi connectivity index (χ4v) is 1.62. The van der Waals surface area contributed by atoms with E-state index in [9.17, 15) is 4.79 Å². The molecule has 0 atom stereocenters. The number of hydrogen-bond acceptors (Lipinski definition) is 4. The van der Waals surface area contributed by atoms with Gasteiger partial charge in [0, 0.05) is 5.56 Å². The Balaban J connectivity index is 1.99. The van der Waals surface area contributed by atoms with Gasteiger partial charge in [0.1, 0.15) is 11.5 Å². The van der Waals surface area contributed by atoms with Crippen LogP contribution in [-0.4, -0.2) is 19.5 Å². The molecule has 4 nitrogen and oxygen atoms in total. The summed E-state index contributed by atoms with van der Waals surface area (Å²) in [5, 5.41) is 0. The van der Waals surface area contributed by atoms with Gasteiger partial charge in [0.15, 0.2) is 12.4 Å². The molecule has 2 N–H and O–H groups in total. The highest BCUT2D eigenvalue weighted by atomic mass is 16.5. The van der Waals surface area contributed by atoms with E-state index in [1.807, 2.05) is 12.1 Å². The third kappa shape index (κ3) is 3.25. The quantitative estimate of drug-likeness (QED) is 0.660. The molecule has 0 radical (unpaired) electrons. The minimum absolute atomic E-state index is 0.0411. The van der Waals surface area contributed by atoms with Gasteiger partial charge in [-0.15, -0.1) is 0 Å². The summed E-state index contributed by atoms with van der Waals surface area (Å²) in [4.78, 5) is 11.9. The van der Waals surface area contributed by atoms with Crippen LogP contribution in [0, 0.1) is 0 Å². The standard InChI is InChI=1S/C15H15NO3/c1-18-12-8-6-11(7-9-12)14(17)10-19-15-5-3-2-4-13(15)16/h2-9H,10,16H2,1H3. The van der Waals surface area contributed by atoms with Gasteiger partial charge in [0.05, 0.1) is 12.8 Å². The van der Waals surface area contributed by atoms with Crippen LogP contribution in [0.4, 0.5) is 5.69 Å². The van der Waals surface area contributed by atoms with Crippen molar-refractivity contribution < 1.29 is 14.3 Å². The van der Waals surface area contributed by atoms with E-state index in [0.29, 0.717) is 22.7 Å². The maximum absolute atomic E-state index is 11.9. The van der Waals surface area contributed by atoms with Crippen LogP contribution in [-0.2, 0) is 0 Å². The third-order valence-electron chi connectivity index (χ3n) is 2.69. The van der Waals surface area contributed by atoms with Crippen molar-refractivity contribution in [2.24, 2.45) is 0 Å². The molecule has 2 aromatic rings. The Kier molecular flexibility index (Phi) is 4.03. The lowest BCUT2D eigenvalue weighted by Crippen LogP contribution is -2.12. The molecule has 0 spiro atoms. The maximum Gasteiger partial charge on any atom is 0.200 e. The highest BCUT2D eigenvalue weighted by molar-refractivity contribution is 5.97. The molecule has 0 amide bonds. The van der Waals surface area contributed by atoms with E-state index in [-0.39, 0.29) is 12.4 Å². The number of carbonyl (C=O) groups excluding carboxylic acids is 1. The van der Waals surface area contributed by atoms with Crippen LogP contribution in [0.3, 0.4) is 0 Å². The fraction of sp³-hybridized carbons (Fsp3) is 0.133. The number of rotatable bonds is 5. The van der Waals surface area contributed by atoms with E-state index >= 15 is 0 Å². The van der Waals surface area contributed by atoms with Gasteiger partial charge >= 0.3 is 0 Å². The average Bonchev–Trinajstić information content (AvgIpc) is 2.46. The normalized spacial score (nSPS) is 9.95. The molecule has 0 aliphatic carbocycles. The highest BCUT2D eigenvalue weighted by Crippen LogP contribution is 2.20. The van der Waals surface area contributed by atoms with Crippen LogP contribution in [0.25, 0.3) is 0 Å². The molecule has 0 fully saturated rings. The van der Waals surface area contributed by atoms with Crippen molar-refractivity contribution in [3.63, 3.8) is 0 Å². The Morgan fingerprint density at radius 1 is 1.11 bits per heavy atom. The van der Waals surface area contributed by atoms with Crippen LogP contribution in [0.2, 0.25) is 0 Å². The number of para-hydroxylation sites is 2. The molecule has 2 rings (SSSR count). The molecule has 4 heteroatoms. The second-order valence-corrected chi connectivity index (χ2v) is 3.98. The molecule has 0 heterocycles. The lowest BCUT2D eigenvalue weighted by molar-refractivity contribution is 0.0922. The van der Waals surface area contributed by atoms with Crippen molar-refractivity contribution in [2.75, 3.05) is 19.5 Å². The number of benzene rings is 2. The number of anilines is 1. The number of ketones is 1. The second kappa shape index (κ2) is 5.91. The zero-order chi connectivity index (χ0) is 13.7. The minimum atomic E-state index is -0.106. The zero-order valence-electron chi connectivity index (χ0n) is 10.6. The van der Waals surface area contributed by atoms with Crippen molar-refractivity contribution in [2.45, 2.75) is 0 Å². The van der Waals surface area contributed by atoms with Gasteiger partial charge in [-0.25, -0.2) is 0 Å². The van der Waals surface area contributed by atoms with Crippen LogP contribution in [0.15, 0.2) is 48.5 Å². The first-order valence-electron chi connectivity index (χ1n) is 5.85. The number of ether oxygens (including phenoxy) is 2. The number of carbonyl (C=O) groups is 1. The van der Waals surface area contributed by atoms with Crippen molar-refractivity contribution in [3.8, 4) is 11.5 Å². The van der Waals surface area contributed by atoms with E-state index in [2.05, 4.69) is 0 Å². The maximum atomic E-state index is 11.9. The number of methoxy groups -OCH3 is 1. The molecule has 0 saturated carbocycles. The van der Waals surface area contributed by atoms with Crippen LogP contribution in [0.1, 0.15) is 10.4 Å². The average molecular weight is 257 g/mol. The SMILES string of the molecule is COc1ccc(C(=O)COc2ccccc2N)cc1. The summed E-state index contributed by atoms with van der Waals surface area (Å²) in [6.45, 7) is -0.0411. The Bertz CT molecular complexity index is 564. The molecule has 98 valence electrons. The smallest absolute Gasteiger partial charge is 0.200 e. The van der Waals surface area contributed by atoms with Crippen molar-refractivity contribution in [1.29, 1.82) is 0 Å². The summed E-state index contributed by atoms with van der Waals surface area (Å²) in [6.07, 6.45) is 0. The summed E-state index contributed by atoms with van der Waals surface area (Å²) < 4.78 is 10.4. The van der Waals surface area contributed by atoms with Gasteiger partial charge in [-0.1, -0.05) is 12.1 Å². The highest BCUT2D eigenvalue weighted by Gasteiger charge is 2.08. The zero-order valence-corrected chi connectivity index (χ0v) is 10.6. The topological polar surface area (TPSA) is 61.5 Å². The van der Waals surface area contributed by atoms with E-state index in [0.717, 1.165) is 0 Å². The monoisotopic (exact) mass is 257 g/mol. The molecule has 0 bridgehead atoms. The van der Waals surface area contributed by atoms with Gasteiger partial charge in [-0.2, -0.15) is 0 Å². The lowest BCUT2D eigenvalue weighted by Gasteiger charge is -2.08. The molecule has 2 aromatic carbocycles. The molecule has 19 heavy (non-hydrogen) atoms. The van der Waals surface area contributed by atoms with E-state index in [4.69, 9.17) is 15.2 Å². The Morgan fingerprint density at radius 3 is 2.42 bits per heavy atom. The summed E-state index contributed by atoms with van der Waals surface area (Å²) in [7, 11) is 1.58. The van der Waals surface area contributed by atoms with Crippen molar-refractivity contribution in [1.82, 2.24) is 0 Å². The molecule has 0 saturated heterocycles. The van der Waals surface area contributed by atoms with Crippen LogP contribution >= 0.6 is 0 Å². The number of nitrogen functional groups attached to an aromatic ring is 1.